The summed E-state index contributed by atoms with van der Waals surface area (Å²) in [6.07, 6.45) is 0.642. The van der Waals surface area contributed by atoms with Gasteiger partial charge in [0.05, 0.1) is 0 Å². The lowest BCUT2D eigenvalue weighted by molar-refractivity contribution is -0.136. The third-order valence-electron chi connectivity index (χ3n) is 2.24. The maximum absolute atomic E-state index is 11.6. The number of hydrogen-bond acceptors (Lipinski definition) is 2. The van der Waals surface area contributed by atoms with Crippen LogP contribution in [0.2, 0.25) is 0 Å². The second kappa shape index (κ2) is 7.58. The number of aryl methyl sites for hydroxylation is 1. The van der Waals surface area contributed by atoms with Gasteiger partial charge >= 0.3 is 11.8 Å². The molecule has 18 heavy (non-hydrogen) atoms. The van der Waals surface area contributed by atoms with Gasteiger partial charge in [-0.25, -0.2) is 0 Å². The van der Waals surface area contributed by atoms with Crippen LogP contribution in [0.1, 0.15) is 12.0 Å². The molecule has 0 aromatic heterocycles. The third-order valence-corrected chi connectivity index (χ3v) is 3.18. The van der Waals surface area contributed by atoms with Crippen LogP contribution in [-0.4, -0.2) is 24.2 Å². The van der Waals surface area contributed by atoms with E-state index in [2.05, 4.69) is 33.2 Å². The molecule has 1 aromatic rings. The number of nitrogens with one attached hydrogen (secondary N) is 2. The SMILES string of the molecule is Cc1cc(I)ccc1NC(=O)C(=O)NCCCCl. The van der Waals surface area contributed by atoms with Crippen molar-refractivity contribution in [3.63, 3.8) is 0 Å². The van der Waals surface area contributed by atoms with Gasteiger partial charge in [-0.1, -0.05) is 0 Å². The van der Waals surface area contributed by atoms with Gasteiger partial charge in [0.2, 0.25) is 0 Å². The smallest absolute Gasteiger partial charge is 0.313 e. The second-order valence-electron chi connectivity index (χ2n) is 3.71. The van der Waals surface area contributed by atoms with Gasteiger partial charge in [0.1, 0.15) is 0 Å². The van der Waals surface area contributed by atoms with Crippen molar-refractivity contribution >= 4 is 51.7 Å². The summed E-state index contributed by atoms with van der Waals surface area (Å²) in [5.41, 5.74) is 1.57. The molecule has 0 fully saturated rings. The molecule has 0 unspecified atom stereocenters. The average Bonchev–Trinajstić information content (AvgIpc) is 2.32. The molecule has 0 aliphatic rings. The van der Waals surface area contributed by atoms with Crippen LogP contribution in [0, 0.1) is 10.5 Å². The van der Waals surface area contributed by atoms with E-state index in [1.54, 1.807) is 6.07 Å². The molecule has 4 nitrogen and oxygen atoms in total. The van der Waals surface area contributed by atoms with E-state index in [1.807, 2.05) is 19.1 Å². The summed E-state index contributed by atoms with van der Waals surface area (Å²) in [5.74, 6) is -0.843. The minimum atomic E-state index is -0.658. The van der Waals surface area contributed by atoms with E-state index in [0.717, 1.165) is 9.13 Å². The fourth-order valence-corrected chi connectivity index (χ4v) is 2.08. The maximum Gasteiger partial charge on any atom is 0.313 e. The number of hydrogen-bond donors (Lipinski definition) is 2. The van der Waals surface area contributed by atoms with Crippen LogP contribution in [0.15, 0.2) is 18.2 Å². The first-order valence-electron chi connectivity index (χ1n) is 5.46. The number of amides is 2. The molecule has 98 valence electrons. The Balaban J connectivity index is 2.56. The van der Waals surface area contributed by atoms with Crippen LogP contribution in [0.25, 0.3) is 0 Å². The number of anilines is 1. The Bertz CT molecular complexity index is 452. The normalized spacial score (nSPS) is 9.94. The number of alkyl halides is 1. The zero-order valence-corrected chi connectivity index (χ0v) is 12.8. The third kappa shape index (κ3) is 4.81. The predicted octanol–water partition coefficient (Wildman–Crippen LogP) is 2.28. The van der Waals surface area contributed by atoms with Crippen molar-refractivity contribution in [1.82, 2.24) is 5.32 Å². The molecule has 2 amide bonds. The highest BCUT2D eigenvalue weighted by Crippen LogP contribution is 2.17. The minimum Gasteiger partial charge on any atom is -0.348 e. The van der Waals surface area contributed by atoms with Crippen molar-refractivity contribution in [1.29, 1.82) is 0 Å². The molecule has 0 saturated heterocycles. The predicted molar refractivity (Wildman–Crippen MR) is 80.9 cm³/mol. The summed E-state index contributed by atoms with van der Waals surface area (Å²) >= 11 is 7.66. The van der Waals surface area contributed by atoms with Gasteiger partial charge in [-0.05, 0) is 59.7 Å². The van der Waals surface area contributed by atoms with Crippen molar-refractivity contribution < 1.29 is 9.59 Å². The lowest BCUT2D eigenvalue weighted by atomic mass is 10.2. The van der Waals surface area contributed by atoms with Gasteiger partial charge in [0, 0.05) is 21.7 Å². The van der Waals surface area contributed by atoms with E-state index in [-0.39, 0.29) is 0 Å². The van der Waals surface area contributed by atoms with Gasteiger partial charge in [-0.3, -0.25) is 9.59 Å². The lowest BCUT2D eigenvalue weighted by Crippen LogP contribution is -2.36. The van der Waals surface area contributed by atoms with Crippen molar-refractivity contribution in [2.45, 2.75) is 13.3 Å². The Morgan fingerprint density at radius 3 is 2.67 bits per heavy atom. The lowest BCUT2D eigenvalue weighted by Gasteiger charge is -2.08. The fourth-order valence-electron chi connectivity index (χ4n) is 1.30. The molecule has 0 spiro atoms. The van der Waals surface area contributed by atoms with Crippen molar-refractivity contribution in [2.24, 2.45) is 0 Å². The molecular formula is C12H14ClIN2O2. The molecular weight excluding hydrogens is 367 g/mol. The van der Waals surface area contributed by atoms with Gasteiger partial charge < -0.3 is 10.6 Å². The maximum atomic E-state index is 11.6. The number of rotatable bonds is 4. The molecule has 6 heteroatoms. The Morgan fingerprint density at radius 1 is 1.33 bits per heavy atom. The first-order valence-corrected chi connectivity index (χ1v) is 7.07. The van der Waals surface area contributed by atoms with E-state index in [4.69, 9.17) is 11.6 Å². The van der Waals surface area contributed by atoms with E-state index >= 15 is 0 Å². The molecule has 1 aromatic carbocycles. The molecule has 0 aliphatic carbocycles. The van der Waals surface area contributed by atoms with Gasteiger partial charge in [-0.15, -0.1) is 11.6 Å². The number of benzene rings is 1. The first kappa shape index (κ1) is 15.2. The Kier molecular flexibility index (Phi) is 6.42. The number of carbonyl (C=O) groups excluding carboxylic acids is 2. The quantitative estimate of drug-likeness (QED) is 0.364. The topological polar surface area (TPSA) is 58.2 Å². The monoisotopic (exact) mass is 380 g/mol. The number of carbonyl (C=O) groups is 2. The van der Waals surface area contributed by atoms with Crippen molar-refractivity contribution in [3.05, 3.63) is 27.3 Å². The summed E-state index contributed by atoms with van der Waals surface area (Å²) in [4.78, 5) is 23.0. The summed E-state index contributed by atoms with van der Waals surface area (Å²) in [5, 5.41) is 5.07. The average molecular weight is 381 g/mol. The highest BCUT2D eigenvalue weighted by Gasteiger charge is 2.13. The zero-order chi connectivity index (χ0) is 13.5. The molecule has 0 aliphatic heterocycles. The summed E-state index contributed by atoms with van der Waals surface area (Å²) < 4.78 is 1.08. The van der Waals surface area contributed by atoms with Crippen LogP contribution in [0.5, 0.6) is 0 Å². The first-order chi connectivity index (χ1) is 8.54. The van der Waals surface area contributed by atoms with Crippen LogP contribution >= 0.6 is 34.2 Å². The van der Waals surface area contributed by atoms with E-state index in [1.165, 1.54) is 0 Å². The van der Waals surface area contributed by atoms with Gasteiger partial charge in [0.15, 0.2) is 0 Å². The van der Waals surface area contributed by atoms with Crippen molar-refractivity contribution in [2.75, 3.05) is 17.7 Å². The van der Waals surface area contributed by atoms with E-state index < -0.39 is 11.8 Å². The van der Waals surface area contributed by atoms with Crippen LogP contribution in [-0.2, 0) is 9.59 Å². The fraction of sp³-hybridized carbons (Fsp3) is 0.333. The Labute approximate surface area is 125 Å². The van der Waals surface area contributed by atoms with Crippen LogP contribution in [0.3, 0.4) is 0 Å². The molecule has 0 radical (unpaired) electrons. The highest BCUT2D eigenvalue weighted by molar-refractivity contribution is 14.1. The second-order valence-corrected chi connectivity index (χ2v) is 5.34. The largest absolute Gasteiger partial charge is 0.348 e. The molecule has 1 rings (SSSR count). The minimum absolute atomic E-state index is 0.404. The van der Waals surface area contributed by atoms with Crippen LogP contribution in [0.4, 0.5) is 5.69 Å². The molecule has 0 bridgehead atoms. The molecule has 0 atom stereocenters. The molecule has 0 saturated carbocycles. The van der Waals surface area contributed by atoms with E-state index in [0.29, 0.717) is 24.5 Å². The Morgan fingerprint density at radius 2 is 2.06 bits per heavy atom. The molecule has 0 heterocycles. The number of halogens is 2. The summed E-state index contributed by atoms with van der Waals surface area (Å²) in [6.45, 7) is 2.28. The summed E-state index contributed by atoms with van der Waals surface area (Å²) in [7, 11) is 0. The van der Waals surface area contributed by atoms with E-state index in [9.17, 15) is 9.59 Å². The van der Waals surface area contributed by atoms with Gasteiger partial charge in [0.25, 0.3) is 0 Å². The standard InChI is InChI=1S/C12H14ClIN2O2/c1-8-7-9(14)3-4-10(8)16-12(18)11(17)15-6-2-5-13/h3-4,7H,2,5-6H2,1H3,(H,15,17)(H,16,18). The van der Waals surface area contributed by atoms with Crippen molar-refractivity contribution in [3.8, 4) is 0 Å². The zero-order valence-electron chi connectivity index (χ0n) is 9.93. The Hall–Kier alpha value is -0.820. The highest BCUT2D eigenvalue weighted by atomic mass is 127. The van der Waals surface area contributed by atoms with Crippen LogP contribution < -0.4 is 10.6 Å². The molecule has 2 N–H and O–H groups in total. The summed E-state index contributed by atoms with van der Waals surface area (Å²) in [6, 6.07) is 5.58. The van der Waals surface area contributed by atoms with Gasteiger partial charge in [-0.2, -0.15) is 0 Å².